The number of benzene rings is 1. The van der Waals surface area contributed by atoms with Gasteiger partial charge in [-0.15, -0.1) is 0 Å². The largest absolute Gasteiger partial charge is 0.370 e. The smallest absolute Gasteiger partial charge is 0.221 e. The Labute approximate surface area is 129 Å². The van der Waals surface area contributed by atoms with Crippen LogP contribution in [0.4, 0.5) is 4.39 Å². The number of rotatable bonds is 2. The van der Waals surface area contributed by atoms with E-state index in [1.807, 2.05) is 6.92 Å². The summed E-state index contributed by atoms with van der Waals surface area (Å²) < 4.78 is 14.7. The van der Waals surface area contributed by atoms with Gasteiger partial charge in [-0.1, -0.05) is 30.7 Å². The van der Waals surface area contributed by atoms with Crippen LogP contribution in [-0.4, -0.2) is 23.8 Å². The first-order valence-electron chi connectivity index (χ1n) is 7.54. The molecular weight excluding hydrogens is 281 g/mol. The molecule has 118 valence electrons. The van der Waals surface area contributed by atoms with Gasteiger partial charge in [-0.3, -0.25) is 0 Å². The van der Waals surface area contributed by atoms with E-state index in [1.165, 1.54) is 12.5 Å². The highest BCUT2D eigenvalue weighted by Crippen LogP contribution is 2.47. The SMILES string of the molecule is Cc1ccc2c(c1)C(C1(C(C)F)N=C(N)N=C(N)N1)[C@@H](C)C2. The molecule has 0 aromatic heterocycles. The van der Waals surface area contributed by atoms with Gasteiger partial charge >= 0.3 is 0 Å². The number of hydrogen-bond acceptors (Lipinski definition) is 5. The molecule has 0 radical (unpaired) electrons. The third kappa shape index (κ3) is 2.14. The van der Waals surface area contributed by atoms with Crippen molar-refractivity contribution in [3.05, 3.63) is 34.9 Å². The van der Waals surface area contributed by atoms with Crippen LogP contribution in [0.3, 0.4) is 0 Å². The molecule has 1 aliphatic carbocycles. The molecule has 6 heteroatoms. The van der Waals surface area contributed by atoms with E-state index in [2.05, 4.69) is 40.4 Å². The lowest BCUT2D eigenvalue weighted by molar-refractivity contribution is 0.137. The zero-order valence-corrected chi connectivity index (χ0v) is 13.1. The molecule has 0 amide bonds. The van der Waals surface area contributed by atoms with Gasteiger partial charge in [-0.25, -0.2) is 9.38 Å². The number of aliphatic imine (C=N–C) groups is 2. The second kappa shape index (κ2) is 4.97. The van der Waals surface area contributed by atoms with Gasteiger partial charge in [0.25, 0.3) is 0 Å². The van der Waals surface area contributed by atoms with Crippen molar-refractivity contribution in [2.75, 3.05) is 0 Å². The normalized spacial score (nSPS) is 31.8. The van der Waals surface area contributed by atoms with E-state index < -0.39 is 11.8 Å². The van der Waals surface area contributed by atoms with Gasteiger partial charge in [0, 0.05) is 5.92 Å². The van der Waals surface area contributed by atoms with E-state index in [0.29, 0.717) is 0 Å². The molecule has 1 aromatic carbocycles. The summed E-state index contributed by atoms with van der Waals surface area (Å²) in [6, 6.07) is 6.31. The molecule has 1 aromatic rings. The van der Waals surface area contributed by atoms with Crippen molar-refractivity contribution < 1.29 is 4.39 Å². The summed E-state index contributed by atoms with van der Waals surface area (Å²) in [6.45, 7) is 5.63. The Morgan fingerprint density at radius 1 is 1.41 bits per heavy atom. The van der Waals surface area contributed by atoms with Crippen molar-refractivity contribution in [1.82, 2.24) is 5.32 Å². The van der Waals surface area contributed by atoms with Gasteiger partial charge in [0.15, 0.2) is 11.6 Å². The molecule has 0 saturated heterocycles. The predicted octanol–water partition coefficient (Wildman–Crippen LogP) is 1.56. The van der Waals surface area contributed by atoms with E-state index in [-0.39, 0.29) is 23.8 Å². The first-order chi connectivity index (χ1) is 10.3. The van der Waals surface area contributed by atoms with Gasteiger partial charge in [0.1, 0.15) is 6.17 Å². The lowest BCUT2D eigenvalue weighted by Gasteiger charge is -2.42. The zero-order chi connectivity index (χ0) is 16.1. The van der Waals surface area contributed by atoms with Crippen LogP contribution >= 0.6 is 0 Å². The Morgan fingerprint density at radius 3 is 2.77 bits per heavy atom. The molecule has 1 aliphatic heterocycles. The lowest BCUT2D eigenvalue weighted by Crippen LogP contribution is -2.62. The first-order valence-corrected chi connectivity index (χ1v) is 7.54. The third-order valence-electron chi connectivity index (χ3n) is 4.69. The zero-order valence-electron chi connectivity index (χ0n) is 13.1. The fourth-order valence-electron chi connectivity index (χ4n) is 3.81. The summed E-state index contributed by atoms with van der Waals surface area (Å²) >= 11 is 0. The molecule has 2 aliphatic rings. The molecule has 22 heavy (non-hydrogen) atoms. The van der Waals surface area contributed by atoms with Crippen LogP contribution < -0.4 is 16.8 Å². The highest BCUT2D eigenvalue weighted by molar-refractivity contribution is 5.96. The molecule has 0 fully saturated rings. The van der Waals surface area contributed by atoms with Gasteiger partial charge in [-0.2, -0.15) is 4.99 Å². The quantitative estimate of drug-likeness (QED) is 0.774. The van der Waals surface area contributed by atoms with E-state index >= 15 is 0 Å². The Kier molecular flexibility index (Phi) is 3.34. The summed E-state index contributed by atoms with van der Waals surface area (Å²) in [5.74, 6) is 0.222. The maximum atomic E-state index is 14.7. The van der Waals surface area contributed by atoms with Gasteiger partial charge < -0.3 is 16.8 Å². The Balaban J connectivity index is 2.16. The van der Waals surface area contributed by atoms with E-state index in [4.69, 9.17) is 11.5 Å². The highest BCUT2D eigenvalue weighted by atomic mass is 19.1. The van der Waals surface area contributed by atoms with Crippen molar-refractivity contribution in [2.45, 2.75) is 44.9 Å². The minimum absolute atomic E-state index is 0.0223. The number of nitrogens with one attached hydrogen (secondary N) is 1. The van der Waals surface area contributed by atoms with Crippen molar-refractivity contribution in [2.24, 2.45) is 27.4 Å². The number of fused-ring (bicyclic) bond motifs is 1. The predicted molar refractivity (Wildman–Crippen MR) is 86.5 cm³/mol. The number of guanidine groups is 2. The maximum absolute atomic E-state index is 14.7. The average Bonchev–Trinajstić information content (AvgIpc) is 2.72. The van der Waals surface area contributed by atoms with E-state index in [0.717, 1.165) is 17.5 Å². The minimum atomic E-state index is -1.26. The average molecular weight is 303 g/mol. The first kappa shape index (κ1) is 14.8. The van der Waals surface area contributed by atoms with Crippen molar-refractivity contribution in [1.29, 1.82) is 0 Å². The standard InChI is InChI=1S/C16H22FN5/c1-8-4-5-11-7-9(2)13(12(11)6-8)16(10(3)17)21-14(18)20-15(19)22-16/h4-6,9-10,13H,7H2,1-3H3,(H5,18,19,20,21,22)/t9-,10?,13?/m0/s1. The van der Waals surface area contributed by atoms with E-state index in [1.54, 1.807) is 0 Å². The van der Waals surface area contributed by atoms with Crippen molar-refractivity contribution >= 4 is 11.9 Å². The van der Waals surface area contributed by atoms with Crippen LogP contribution in [0.5, 0.6) is 0 Å². The molecule has 5 nitrogen and oxygen atoms in total. The summed E-state index contributed by atoms with van der Waals surface area (Å²) in [6.07, 6.45) is -0.373. The highest BCUT2D eigenvalue weighted by Gasteiger charge is 2.52. The molecule has 4 atom stereocenters. The van der Waals surface area contributed by atoms with Crippen LogP contribution in [0.25, 0.3) is 0 Å². The lowest BCUT2D eigenvalue weighted by atomic mass is 9.79. The molecule has 0 bridgehead atoms. The van der Waals surface area contributed by atoms with Crippen LogP contribution in [-0.2, 0) is 6.42 Å². The number of nitrogens with zero attached hydrogens (tertiary/aromatic N) is 2. The van der Waals surface area contributed by atoms with Crippen molar-refractivity contribution in [3.63, 3.8) is 0 Å². The minimum Gasteiger partial charge on any atom is -0.370 e. The summed E-state index contributed by atoms with van der Waals surface area (Å²) in [7, 11) is 0. The topological polar surface area (TPSA) is 88.8 Å². The van der Waals surface area contributed by atoms with E-state index in [9.17, 15) is 4.39 Å². The van der Waals surface area contributed by atoms with Crippen LogP contribution in [0, 0.1) is 12.8 Å². The van der Waals surface area contributed by atoms with Crippen LogP contribution in [0.2, 0.25) is 0 Å². The van der Waals surface area contributed by atoms with Gasteiger partial charge in [0.05, 0.1) is 0 Å². The van der Waals surface area contributed by atoms with Crippen molar-refractivity contribution in [3.8, 4) is 0 Å². The monoisotopic (exact) mass is 303 g/mol. The summed E-state index contributed by atoms with van der Waals surface area (Å²) in [5.41, 5.74) is 13.9. The Bertz CT molecular complexity index is 667. The summed E-state index contributed by atoms with van der Waals surface area (Å²) in [4.78, 5) is 8.24. The molecule has 3 rings (SSSR count). The molecule has 0 saturated carbocycles. The second-order valence-corrected chi connectivity index (χ2v) is 6.39. The number of nitrogens with two attached hydrogens (primary N) is 2. The maximum Gasteiger partial charge on any atom is 0.221 e. The second-order valence-electron chi connectivity index (χ2n) is 6.39. The van der Waals surface area contributed by atoms with Gasteiger partial charge in [0.2, 0.25) is 5.96 Å². The number of hydrogen-bond donors (Lipinski definition) is 3. The third-order valence-corrected chi connectivity index (χ3v) is 4.69. The Hall–Kier alpha value is -2.11. The van der Waals surface area contributed by atoms with Crippen LogP contribution in [0.15, 0.2) is 28.2 Å². The molecule has 3 unspecified atom stereocenters. The van der Waals surface area contributed by atoms with Gasteiger partial charge in [-0.05, 0) is 37.3 Å². The molecule has 1 heterocycles. The Morgan fingerprint density at radius 2 is 2.14 bits per heavy atom. The summed E-state index contributed by atoms with van der Waals surface area (Å²) in [5, 5.41) is 2.98. The number of aryl methyl sites for hydroxylation is 1. The number of halogens is 1. The fourth-order valence-corrected chi connectivity index (χ4v) is 3.81. The number of alkyl halides is 1. The molecule has 0 spiro atoms. The fraction of sp³-hybridized carbons (Fsp3) is 0.500. The van der Waals surface area contributed by atoms with Crippen LogP contribution in [0.1, 0.15) is 36.5 Å². The molecule has 5 N–H and O–H groups in total. The molecular formula is C16H22FN5.